The van der Waals surface area contributed by atoms with Crippen molar-refractivity contribution in [3.63, 3.8) is 0 Å². The van der Waals surface area contributed by atoms with Crippen molar-refractivity contribution >= 4 is 40.6 Å². The van der Waals surface area contributed by atoms with Crippen LogP contribution in [0.25, 0.3) is 0 Å². The Hall–Kier alpha value is -3.27. The largest absolute Gasteiger partial charge is 0.453 e. The molecule has 1 aliphatic rings. The van der Waals surface area contributed by atoms with Gasteiger partial charge in [-0.1, -0.05) is 0 Å². The Labute approximate surface area is 164 Å². The highest BCUT2D eigenvalue weighted by Gasteiger charge is 2.38. The van der Waals surface area contributed by atoms with Gasteiger partial charge in [-0.25, -0.2) is 4.98 Å². The summed E-state index contributed by atoms with van der Waals surface area (Å²) >= 11 is 1.35. The molecule has 2 atom stereocenters. The number of hydrogen-bond donors (Lipinski definition) is 4. The van der Waals surface area contributed by atoms with Gasteiger partial charge in [0.1, 0.15) is 10.8 Å². The van der Waals surface area contributed by atoms with E-state index in [-0.39, 0.29) is 36.9 Å². The summed E-state index contributed by atoms with van der Waals surface area (Å²) in [5.41, 5.74) is 6.49. The number of ether oxygens (including phenoxy) is 1. The summed E-state index contributed by atoms with van der Waals surface area (Å²) in [5, 5.41) is 15.2. The van der Waals surface area contributed by atoms with Crippen LogP contribution in [-0.4, -0.2) is 34.6 Å². The summed E-state index contributed by atoms with van der Waals surface area (Å²) in [5.74, 6) is -1.11. The zero-order chi connectivity index (χ0) is 20.1. The van der Waals surface area contributed by atoms with Crippen LogP contribution >= 0.6 is 11.3 Å². The summed E-state index contributed by atoms with van der Waals surface area (Å²) in [4.78, 5) is 39.9. The summed E-state index contributed by atoms with van der Waals surface area (Å²) in [6.07, 6.45) is 1.06. The summed E-state index contributed by atoms with van der Waals surface area (Å²) < 4.78 is 5.24. The first-order valence-electron chi connectivity index (χ1n) is 8.55. The second-order valence-electron chi connectivity index (χ2n) is 6.20. The first-order valence-corrected chi connectivity index (χ1v) is 9.43. The van der Waals surface area contributed by atoms with Crippen molar-refractivity contribution in [3.8, 4) is 0 Å². The first-order chi connectivity index (χ1) is 13.4. The van der Waals surface area contributed by atoms with Crippen molar-refractivity contribution in [2.75, 3.05) is 5.32 Å². The third kappa shape index (κ3) is 4.92. The van der Waals surface area contributed by atoms with Crippen molar-refractivity contribution in [2.45, 2.75) is 31.4 Å². The van der Waals surface area contributed by atoms with E-state index in [9.17, 15) is 14.4 Å². The average Bonchev–Trinajstić information content (AvgIpc) is 3.30. The molecular formula is C18H19N5O4S. The average molecular weight is 401 g/mol. The van der Waals surface area contributed by atoms with Gasteiger partial charge in [0, 0.05) is 35.7 Å². The number of esters is 1. The molecule has 3 rings (SSSR count). The van der Waals surface area contributed by atoms with Crippen LogP contribution in [0.3, 0.4) is 0 Å². The van der Waals surface area contributed by atoms with Gasteiger partial charge in [-0.15, -0.1) is 11.3 Å². The molecule has 0 spiro atoms. The second-order valence-corrected chi connectivity index (χ2v) is 7.12. The van der Waals surface area contributed by atoms with Gasteiger partial charge in [0.05, 0.1) is 12.5 Å². The van der Waals surface area contributed by atoms with Gasteiger partial charge < -0.3 is 21.1 Å². The predicted octanol–water partition coefficient (Wildman–Crippen LogP) is 1.32. The number of nitrogen functional groups attached to an aromatic ring is 1. The Morgan fingerprint density at radius 3 is 2.61 bits per heavy atom. The highest BCUT2D eigenvalue weighted by atomic mass is 32.1. The number of amidine groups is 1. The molecule has 1 aromatic carbocycles. The number of rotatable bonds is 7. The molecule has 1 fully saturated rings. The SMILES string of the molecule is N=C(N)c1ccc(NC(=O)CCC(=O)N[C@H]2CC(=O)OC2c2nccs2)cc1. The molecule has 28 heavy (non-hydrogen) atoms. The molecule has 2 amide bonds. The molecule has 146 valence electrons. The molecule has 10 heteroatoms. The Balaban J connectivity index is 1.47. The highest BCUT2D eigenvalue weighted by molar-refractivity contribution is 7.09. The molecule has 0 bridgehead atoms. The van der Waals surface area contributed by atoms with Crippen molar-refractivity contribution in [2.24, 2.45) is 5.73 Å². The van der Waals surface area contributed by atoms with Gasteiger partial charge in [-0.3, -0.25) is 19.8 Å². The monoisotopic (exact) mass is 401 g/mol. The lowest BCUT2D eigenvalue weighted by Crippen LogP contribution is -2.37. The third-order valence-electron chi connectivity index (χ3n) is 4.11. The lowest BCUT2D eigenvalue weighted by atomic mass is 10.1. The van der Waals surface area contributed by atoms with Crippen LogP contribution in [0, 0.1) is 5.41 Å². The fraction of sp³-hybridized carbons (Fsp3) is 0.278. The van der Waals surface area contributed by atoms with Gasteiger partial charge >= 0.3 is 5.97 Å². The zero-order valence-corrected chi connectivity index (χ0v) is 15.6. The van der Waals surface area contributed by atoms with Crippen LogP contribution in [0.5, 0.6) is 0 Å². The minimum Gasteiger partial charge on any atom is -0.453 e. The fourth-order valence-electron chi connectivity index (χ4n) is 2.75. The molecule has 1 aliphatic heterocycles. The first kappa shape index (κ1) is 19.5. The van der Waals surface area contributed by atoms with E-state index in [1.807, 2.05) is 0 Å². The number of carbonyl (C=O) groups excluding carboxylic acids is 3. The number of carbonyl (C=O) groups is 3. The molecule has 0 saturated carbocycles. The summed E-state index contributed by atoms with van der Waals surface area (Å²) in [6, 6.07) is 6.03. The van der Waals surface area contributed by atoms with Crippen LogP contribution in [0.1, 0.15) is 35.9 Å². The molecular weight excluding hydrogens is 382 g/mol. The molecule has 2 heterocycles. The van der Waals surface area contributed by atoms with Crippen LogP contribution < -0.4 is 16.4 Å². The van der Waals surface area contributed by atoms with Crippen molar-refractivity contribution in [1.82, 2.24) is 10.3 Å². The highest BCUT2D eigenvalue weighted by Crippen LogP contribution is 2.31. The van der Waals surface area contributed by atoms with E-state index in [1.54, 1.807) is 35.8 Å². The lowest BCUT2D eigenvalue weighted by molar-refractivity contribution is -0.141. The molecule has 1 aromatic heterocycles. The minimum absolute atomic E-state index is 0.0102. The maximum absolute atomic E-state index is 12.2. The number of hydrogen-bond acceptors (Lipinski definition) is 7. The number of nitrogens with zero attached hydrogens (tertiary/aromatic N) is 1. The Morgan fingerprint density at radius 1 is 1.25 bits per heavy atom. The lowest BCUT2D eigenvalue weighted by Gasteiger charge is -2.16. The van der Waals surface area contributed by atoms with Crippen molar-refractivity contribution < 1.29 is 19.1 Å². The zero-order valence-electron chi connectivity index (χ0n) is 14.8. The maximum atomic E-state index is 12.2. The topological polar surface area (TPSA) is 147 Å². The predicted molar refractivity (Wildman–Crippen MR) is 103 cm³/mol. The van der Waals surface area contributed by atoms with E-state index < -0.39 is 18.1 Å². The standard InChI is InChI=1S/C18H19N5O4S/c19-17(20)10-1-3-11(4-2-10)22-13(24)5-6-14(25)23-12-9-15(26)27-16(12)18-21-7-8-28-18/h1-4,7-8,12,16H,5-6,9H2,(H3,19,20)(H,22,24)(H,23,25)/t12-,16?/m0/s1. The van der Waals surface area contributed by atoms with E-state index in [2.05, 4.69) is 15.6 Å². The third-order valence-corrected chi connectivity index (χ3v) is 4.95. The second kappa shape index (κ2) is 8.61. The number of nitrogens with one attached hydrogen (secondary N) is 3. The van der Waals surface area contributed by atoms with E-state index >= 15 is 0 Å². The van der Waals surface area contributed by atoms with Gasteiger partial charge in [-0.05, 0) is 24.3 Å². The van der Waals surface area contributed by atoms with Gasteiger partial charge in [0.25, 0.3) is 0 Å². The Bertz CT molecular complexity index is 882. The number of nitrogens with two attached hydrogens (primary N) is 1. The molecule has 1 unspecified atom stereocenters. The number of anilines is 1. The number of thiazole rings is 1. The summed E-state index contributed by atoms with van der Waals surface area (Å²) in [6.45, 7) is 0. The van der Waals surface area contributed by atoms with Crippen LogP contribution in [0.4, 0.5) is 5.69 Å². The van der Waals surface area contributed by atoms with E-state index in [1.165, 1.54) is 11.3 Å². The fourth-order valence-corrected chi connectivity index (χ4v) is 3.47. The number of benzene rings is 1. The van der Waals surface area contributed by atoms with Gasteiger partial charge in [0.15, 0.2) is 6.10 Å². The molecule has 1 saturated heterocycles. The number of aromatic nitrogens is 1. The Kier molecular flexibility index (Phi) is 5.99. The number of amides is 2. The van der Waals surface area contributed by atoms with Gasteiger partial charge in [-0.2, -0.15) is 0 Å². The molecule has 9 nitrogen and oxygen atoms in total. The van der Waals surface area contributed by atoms with E-state index in [4.69, 9.17) is 15.9 Å². The van der Waals surface area contributed by atoms with Crippen molar-refractivity contribution in [3.05, 3.63) is 46.4 Å². The quantitative estimate of drug-likeness (QED) is 0.312. The van der Waals surface area contributed by atoms with Gasteiger partial charge in [0.2, 0.25) is 11.8 Å². The smallest absolute Gasteiger partial charge is 0.308 e. The molecule has 2 aromatic rings. The summed E-state index contributed by atoms with van der Waals surface area (Å²) in [7, 11) is 0. The minimum atomic E-state index is -0.593. The number of cyclic esters (lactones) is 1. The normalized spacial score (nSPS) is 18.4. The maximum Gasteiger partial charge on any atom is 0.308 e. The molecule has 0 aliphatic carbocycles. The van der Waals surface area contributed by atoms with E-state index in [0.29, 0.717) is 16.3 Å². The van der Waals surface area contributed by atoms with Crippen LogP contribution in [-0.2, 0) is 19.1 Å². The van der Waals surface area contributed by atoms with Crippen LogP contribution in [0.2, 0.25) is 0 Å². The van der Waals surface area contributed by atoms with E-state index in [0.717, 1.165) is 0 Å². The molecule has 5 N–H and O–H groups in total. The Morgan fingerprint density at radius 2 is 1.96 bits per heavy atom. The molecule has 0 radical (unpaired) electrons. The van der Waals surface area contributed by atoms with Crippen LogP contribution in [0.15, 0.2) is 35.8 Å². The van der Waals surface area contributed by atoms with Crippen molar-refractivity contribution in [1.29, 1.82) is 5.41 Å².